The largest absolute Gasteiger partial charge is 0.496 e. The van der Waals surface area contributed by atoms with Crippen molar-refractivity contribution in [3.05, 3.63) is 59.2 Å². The Balaban J connectivity index is 1.65. The summed E-state index contributed by atoms with van der Waals surface area (Å²) in [5.74, 6) is 2.07. The van der Waals surface area contributed by atoms with Crippen LogP contribution in [-0.4, -0.2) is 38.1 Å². The number of hydrogen-bond donors (Lipinski definition) is 0. The summed E-state index contributed by atoms with van der Waals surface area (Å²) < 4.78 is 10.8. The summed E-state index contributed by atoms with van der Waals surface area (Å²) in [6, 6.07) is 14.2. The Bertz CT molecular complexity index is 724. The maximum atomic E-state index is 12.9. The fraction of sp³-hybridized carbons (Fsp3) is 0.409. The van der Waals surface area contributed by atoms with E-state index in [1.807, 2.05) is 24.0 Å². The number of ether oxygens (including phenoxy) is 2. The fourth-order valence-electron chi connectivity index (χ4n) is 3.68. The summed E-state index contributed by atoms with van der Waals surface area (Å²) in [5.41, 5.74) is 2.92. The van der Waals surface area contributed by atoms with Crippen molar-refractivity contribution in [1.82, 2.24) is 4.90 Å². The van der Waals surface area contributed by atoms with E-state index in [1.165, 1.54) is 5.56 Å². The summed E-state index contributed by atoms with van der Waals surface area (Å²) in [6.45, 7) is 3.53. The highest BCUT2D eigenvalue weighted by Gasteiger charge is 2.25. The lowest BCUT2D eigenvalue weighted by molar-refractivity contribution is 0.0690. The molecule has 0 radical (unpaired) electrons. The number of methoxy groups -OCH3 is 2. The third-order valence-corrected chi connectivity index (χ3v) is 5.27. The second-order valence-corrected chi connectivity index (χ2v) is 6.93. The lowest BCUT2D eigenvalue weighted by Crippen LogP contribution is -2.39. The Morgan fingerprint density at radius 1 is 1.04 bits per heavy atom. The molecule has 4 nitrogen and oxygen atoms in total. The molecule has 1 amide bonds. The zero-order valence-electron chi connectivity index (χ0n) is 15.8. The highest BCUT2D eigenvalue weighted by molar-refractivity contribution is 5.95. The van der Waals surface area contributed by atoms with Crippen molar-refractivity contribution in [3.63, 3.8) is 0 Å². The van der Waals surface area contributed by atoms with Crippen LogP contribution in [0.3, 0.4) is 0 Å². The lowest BCUT2D eigenvalue weighted by atomic mass is 9.90. The summed E-state index contributed by atoms with van der Waals surface area (Å²) in [5, 5.41) is 0. The number of rotatable bonds is 5. The average Bonchev–Trinajstić information content (AvgIpc) is 2.69. The van der Waals surface area contributed by atoms with Crippen molar-refractivity contribution in [2.45, 2.75) is 26.2 Å². The van der Waals surface area contributed by atoms with Crippen molar-refractivity contribution in [3.8, 4) is 11.5 Å². The number of piperidine rings is 1. The van der Waals surface area contributed by atoms with Crippen LogP contribution in [-0.2, 0) is 6.42 Å². The Labute approximate surface area is 155 Å². The van der Waals surface area contributed by atoms with Gasteiger partial charge in [-0.05, 0) is 49.8 Å². The van der Waals surface area contributed by atoms with Crippen molar-refractivity contribution < 1.29 is 14.3 Å². The third-order valence-electron chi connectivity index (χ3n) is 5.27. The second-order valence-electron chi connectivity index (χ2n) is 6.93. The Morgan fingerprint density at radius 2 is 1.62 bits per heavy atom. The van der Waals surface area contributed by atoms with Gasteiger partial charge in [0.25, 0.3) is 5.91 Å². The summed E-state index contributed by atoms with van der Waals surface area (Å²) in [4.78, 5) is 14.9. The lowest BCUT2D eigenvalue weighted by Gasteiger charge is -2.32. The van der Waals surface area contributed by atoms with Gasteiger partial charge in [-0.2, -0.15) is 0 Å². The molecule has 1 aliphatic heterocycles. The molecule has 1 heterocycles. The normalized spacial score (nSPS) is 15.0. The van der Waals surface area contributed by atoms with Crippen LogP contribution in [0.1, 0.15) is 34.3 Å². The molecule has 138 valence electrons. The third kappa shape index (κ3) is 4.01. The average molecular weight is 353 g/mol. The molecular formula is C22H27NO3. The molecule has 26 heavy (non-hydrogen) atoms. The van der Waals surface area contributed by atoms with Crippen LogP contribution in [0.5, 0.6) is 11.5 Å². The fourth-order valence-corrected chi connectivity index (χ4v) is 3.68. The van der Waals surface area contributed by atoms with E-state index in [-0.39, 0.29) is 5.91 Å². The molecule has 0 aromatic heterocycles. The van der Waals surface area contributed by atoms with Gasteiger partial charge in [0.15, 0.2) is 0 Å². The van der Waals surface area contributed by atoms with E-state index in [0.29, 0.717) is 23.0 Å². The highest BCUT2D eigenvalue weighted by atomic mass is 16.5. The molecule has 0 aliphatic carbocycles. The minimum Gasteiger partial charge on any atom is -0.496 e. The van der Waals surface area contributed by atoms with E-state index >= 15 is 0 Å². The van der Waals surface area contributed by atoms with Crippen LogP contribution in [0, 0.1) is 12.8 Å². The Morgan fingerprint density at radius 3 is 2.15 bits per heavy atom. The first-order valence-electron chi connectivity index (χ1n) is 9.18. The minimum absolute atomic E-state index is 0.0553. The Kier molecular flexibility index (Phi) is 5.82. The zero-order chi connectivity index (χ0) is 18.5. The van der Waals surface area contributed by atoms with Gasteiger partial charge in [0.2, 0.25) is 0 Å². The molecule has 0 bridgehead atoms. The van der Waals surface area contributed by atoms with Crippen molar-refractivity contribution in [2.24, 2.45) is 5.92 Å². The monoisotopic (exact) mass is 353 g/mol. The van der Waals surface area contributed by atoms with Crippen LogP contribution < -0.4 is 9.47 Å². The maximum Gasteiger partial charge on any atom is 0.254 e. The number of nitrogens with zero attached hydrogens (tertiary/aromatic N) is 1. The second kappa shape index (κ2) is 8.26. The van der Waals surface area contributed by atoms with Crippen LogP contribution in [0.4, 0.5) is 0 Å². The molecule has 1 fully saturated rings. The van der Waals surface area contributed by atoms with E-state index in [2.05, 4.69) is 30.3 Å². The molecular weight excluding hydrogens is 326 g/mol. The number of amides is 1. The van der Waals surface area contributed by atoms with Crippen molar-refractivity contribution in [2.75, 3.05) is 27.3 Å². The van der Waals surface area contributed by atoms with Crippen molar-refractivity contribution >= 4 is 5.91 Å². The summed E-state index contributed by atoms with van der Waals surface area (Å²) >= 11 is 0. The highest BCUT2D eigenvalue weighted by Crippen LogP contribution is 2.31. The predicted octanol–water partition coefficient (Wildman–Crippen LogP) is 4.11. The number of hydrogen-bond acceptors (Lipinski definition) is 3. The maximum absolute atomic E-state index is 12.9. The molecule has 2 aromatic rings. The molecule has 0 saturated carbocycles. The SMILES string of the molecule is COc1cc(C(=O)N2CCC(Cc3ccccc3)CC2)cc(OC)c1C. The molecule has 1 aliphatic rings. The topological polar surface area (TPSA) is 38.8 Å². The van der Waals surface area contributed by atoms with Gasteiger partial charge < -0.3 is 14.4 Å². The summed E-state index contributed by atoms with van der Waals surface area (Å²) in [6.07, 6.45) is 3.18. The number of likely N-dealkylation sites (tertiary alicyclic amines) is 1. The number of carbonyl (C=O) groups is 1. The predicted molar refractivity (Wildman–Crippen MR) is 103 cm³/mol. The molecule has 0 N–H and O–H groups in total. The molecule has 0 atom stereocenters. The molecule has 0 spiro atoms. The van der Waals surface area contributed by atoms with E-state index in [4.69, 9.17) is 9.47 Å². The minimum atomic E-state index is 0.0553. The van der Waals surface area contributed by atoms with Gasteiger partial charge in [-0.1, -0.05) is 30.3 Å². The quantitative estimate of drug-likeness (QED) is 0.812. The van der Waals surface area contributed by atoms with E-state index in [1.54, 1.807) is 14.2 Å². The van der Waals surface area contributed by atoms with Gasteiger partial charge in [-0.15, -0.1) is 0 Å². The van der Waals surface area contributed by atoms with E-state index in [9.17, 15) is 4.79 Å². The first-order valence-corrected chi connectivity index (χ1v) is 9.18. The first kappa shape index (κ1) is 18.3. The van der Waals surface area contributed by atoms with Crippen LogP contribution >= 0.6 is 0 Å². The van der Waals surface area contributed by atoms with Gasteiger partial charge in [-0.25, -0.2) is 0 Å². The van der Waals surface area contributed by atoms with Gasteiger partial charge in [0.1, 0.15) is 11.5 Å². The van der Waals surface area contributed by atoms with Crippen molar-refractivity contribution in [1.29, 1.82) is 0 Å². The summed E-state index contributed by atoms with van der Waals surface area (Å²) in [7, 11) is 3.23. The van der Waals surface area contributed by atoms with Gasteiger partial charge >= 0.3 is 0 Å². The van der Waals surface area contributed by atoms with Crippen LogP contribution in [0.2, 0.25) is 0 Å². The van der Waals surface area contributed by atoms with Crippen LogP contribution in [0.15, 0.2) is 42.5 Å². The Hall–Kier alpha value is -2.49. The smallest absolute Gasteiger partial charge is 0.254 e. The van der Waals surface area contributed by atoms with Gasteiger partial charge in [0.05, 0.1) is 14.2 Å². The van der Waals surface area contributed by atoms with Crippen LogP contribution in [0.25, 0.3) is 0 Å². The van der Waals surface area contributed by atoms with Gasteiger partial charge in [0, 0.05) is 24.2 Å². The first-order chi connectivity index (χ1) is 12.6. The molecule has 1 saturated heterocycles. The zero-order valence-corrected chi connectivity index (χ0v) is 15.8. The molecule has 0 unspecified atom stereocenters. The molecule has 4 heteroatoms. The standard InChI is InChI=1S/C22H27NO3/c1-16-20(25-2)14-19(15-21(16)26-3)22(24)23-11-9-18(10-12-23)13-17-7-5-4-6-8-17/h4-8,14-15,18H,9-13H2,1-3H3. The van der Waals surface area contributed by atoms with Gasteiger partial charge in [-0.3, -0.25) is 4.79 Å². The van der Waals surface area contributed by atoms with E-state index in [0.717, 1.165) is 37.9 Å². The molecule has 2 aromatic carbocycles. The van der Waals surface area contributed by atoms with E-state index < -0.39 is 0 Å². The number of carbonyl (C=O) groups excluding carboxylic acids is 1. The number of benzene rings is 2. The molecule has 3 rings (SSSR count).